The molecular weight excluding hydrogens is 672 g/mol. The van der Waals surface area contributed by atoms with Gasteiger partial charge in [0, 0.05) is 81.8 Å². The van der Waals surface area contributed by atoms with Crippen molar-refractivity contribution < 1.29 is 22.3 Å². The zero-order chi connectivity index (χ0) is 36.0. The topological polar surface area (TPSA) is 114 Å². The van der Waals surface area contributed by atoms with Crippen LogP contribution in [0, 0.1) is 22.6 Å². The van der Waals surface area contributed by atoms with Gasteiger partial charge in [-0.15, -0.1) is 0 Å². The Labute approximate surface area is 302 Å². The molecule has 2 spiro atoms. The molecule has 5 fully saturated rings. The number of nitrogens with zero attached hydrogens (tertiary/aromatic N) is 7. The molecule has 5 saturated heterocycles. The lowest BCUT2D eigenvalue weighted by Crippen LogP contribution is -2.63. The maximum Gasteiger partial charge on any atom is 0.281 e. The number of carbonyl (C=O) groups is 1. The van der Waals surface area contributed by atoms with Crippen molar-refractivity contribution in [1.29, 1.82) is 0 Å². The van der Waals surface area contributed by atoms with Gasteiger partial charge in [-0.2, -0.15) is 17.0 Å². The number of likely N-dealkylation sites (tertiary alicyclic amines) is 1. The molecule has 0 saturated carbocycles. The van der Waals surface area contributed by atoms with Gasteiger partial charge in [-0.25, -0.2) is 14.4 Å². The summed E-state index contributed by atoms with van der Waals surface area (Å²) < 4.78 is 51.2. The lowest BCUT2D eigenvalue weighted by atomic mass is 9.72. The summed E-state index contributed by atoms with van der Waals surface area (Å²) >= 11 is 0. The maximum absolute atomic E-state index is 14.4. The average molecular weight is 727 g/mol. The van der Waals surface area contributed by atoms with Crippen LogP contribution in [0.3, 0.4) is 0 Å². The smallest absolute Gasteiger partial charge is 0.281 e. The normalized spacial score (nSPS) is 23.1. The van der Waals surface area contributed by atoms with Gasteiger partial charge >= 0.3 is 0 Å². The Balaban J connectivity index is 0.909. The van der Waals surface area contributed by atoms with E-state index in [4.69, 9.17) is 4.74 Å². The molecule has 0 radical (unpaired) electrons. The van der Waals surface area contributed by atoms with E-state index in [9.17, 15) is 17.6 Å². The summed E-state index contributed by atoms with van der Waals surface area (Å²) in [6.07, 6.45) is 9.23. The number of halogens is 1. The van der Waals surface area contributed by atoms with Crippen LogP contribution in [-0.2, 0) is 10.2 Å². The van der Waals surface area contributed by atoms with E-state index in [-0.39, 0.29) is 40.1 Å². The molecule has 1 aromatic heterocycles. The number of rotatable bonds is 10. The Hall–Kier alpha value is -2.91. The van der Waals surface area contributed by atoms with Crippen molar-refractivity contribution in [3.63, 3.8) is 0 Å². The number of hydrogen-bond acceptors (Lipinski definition) is 9. The highest BCUT2D eigenvalue weighted by Crippen LogP contribution is 2.45. The summed E-state index contributed by atoms with van der Waals surface area (Å²) in [5, 5.41) is 3.34. The molecule has 51 heavy (non-hydrogen) atoms. The van der Waals surface area contributed by atoms with Gasteiger partial charge in [0.25, 0.3) is 16.1 Å². The first kappa shape index (κ1) is 36.4. The molecule has 1 amide bonds. The Morgan fingerprint density at radius 3 is 2.31 bits per heavy atom. The minimum atomic E-state index is -3.40. The lowest BCUT2D eigenvalue weighted by molar-refractivity contribution is 0.0593. The van der Waals surface area contributed by atoms with E-state index in [2.05, 4.69) is 25.1 Å². The van der Waals surface area contributed by atoms with E-state index < -0.39 is 16.0 Å². The highest BCUT2D eigenvalue weighted by molar-refractivity contribution is 7.86. The van der Waals surface area contributed by atoms with Crippen molar-refractivity contribution in [2.45, 2.75) is 78.3 Å². The molecule has 0 bridgehead atoms. The summed E-state index contributed by atoms with van der Waals surface area (Å²) in [6, 6.07) is 3.93. The third-order valence-electron chi connectivity index (χ3n) is 12.0. The predicted molar refractivity (Wildman–Crippen MR) is 195 cm³/mol. The van der Waals surface area contributed by atoms with Crippen LogP contribution < -0.4 is 15.0 Å². The van der Waals surface area contributed by atoms with Crippen LogP contribution in [0.5, 0.6) is 11.5 Å². The summed E-state index contributed by atoms with van der Waals surface area (Å²) in [4.78, 5) is 28.9. The highest BCUT2D eigenvalue weighted by Gasteiger charge is 2.47. The van der Waals surface area contributed by atoms with Crippen LogP contribution in [-0.4, -0.2) is 127 Å². The van der Waals surface area contributed by atoms with Crippen LogP contribution in [0.15, 0.2) is 30.7 Å². The molecular formula is C37H55FN8O4S. The Bertz CT molecular complexity index is 1660. The van der Waals surface area contributed by atoms with Crippen molar-refractivity contribution in [3.05, 3.63) is 42.1 Å². The third-order valence-corrected chi connectivity index (χ3v) is 14.0. The molecule has 0 aliphatic carbocycles. The molecule has 5 aliphatic heterocycles. The molecule has 2 aromatic rings. The number of amides is 1. The number of benzene rings is 1. The number of aromatic nitrogens is 2. The molecule has 12 nitrogen and oxygen atoms in total. The molecule has 5 aliphatic rings. The fraction of sp³-hybridized carbons (Fsp3) is 0.703. The Kier molecular flexibility index (Phi) is 10.4. The van der Waals surface area contributed by atoms with Crippen molar-refractivity contribution in [3.8, 4) is 11.5 Å². The zero-order valence-electron chi connectivity index (χ0n) is 30.7. The molecule has 1 N–H and O–H groups in total. The minimum Gasteiger partial charge on any atom is -0.451 e. The van der Waals surface area contributed by atoms with Crippen LogP contribution in [0.4, 0.5) is 10.2 Å². The van der Waals surface area contributed by atoms with E-state index in [0.29, 0.717) is 43.7 Å². The first-order chi connectivity index (χ1) is 24.4. The average Bonchev–Trinajstić information content (AvgIpc) is 3.08. The van der Waals surface area contributed by atoms with Crippen LogP contribution in [0.25, 0.3) is 0 Å². The maximum atomic E-state index is 14.4. The number of anilines is 1. The molecule has 7 rings (SSSR count). The second-order valence-electron chi connectivity index (χ2n) is 16.4. The Morgan fingerprint density at radius 2 is 1.67 bits per heavy atom. The lowest BCUT2D eigenvalue weighted by Gasteiger charge is -2.55. The second kappa shape index (κ2) is 14.5. The standard InChI is InChI=1S/C37H55FN8O4S/c1-27(2)46(28(3)4)35(47)31-18-30(38)6-7-32(31)50-33-19-39-26-41-34(33)43-23-36(24-43)11-16-42(17-12-36)20-29-8-14-44(15-9-29)51(48,49)45-13-5-10-37(25-45)21-40-22-37/h6-7,18-19,26-29,40H,5,8-17,20-25H2,1-4H3. The molecule has 0 unspecified atom stereocenters. The monoisotopic (exact) mass is 726 g/mol. The SMILES string of the molecule is CC(C)N(C(=O)c1cc(F)ccc1Oc1cncnc1N1CC2(CCN(CC3CCN(S(=O)(=O)N4CCCC5(CNC5)C4)CC3)CC2)C1)C(C)C. The van der Waals surface area contributed by atoms with Gasteiger partial charge in [0.05, 0.1) is 11.8 Å². The van der Waals surface area contributed by atoms with Crippen LogP contribution >= 0.6 is 0 Å². The van der Waals surface area contributed by atoms with Crippen molar-refractivity contribution in [2.75, 3.05) is 76.9 Å². The van der Waals surface area contributed by atoms with Gasteiger partial charge in [-0.1, -0.05) is 0 Å². The van der Waals surface area contributed by atoms with Gasteiger partial charge < -0.3 is 24.8 Å². The quantitative estimate of drug-likeness (QED) is 0.385. The second-order valence-corrected chi connectivity index (χ2v) is 18.3. The number of hydrogen-bond donors (Lipinski definition) is 1. The summed E-state index contributed by atoms with van der Waals surface area (Å²) in [5.41, 5.74) is 0.536. The zero-order valence-corrected chi connectivity index (χ0v) is 31.5. The van der Waals surface area contributed by atoms with Crippen LogP contribution in [0.1, 0.15) is 76.6 Å². The first-order valence-electron chi connectivity index (χ1n) is 18.9. The third kappa shape index (κ3) is 7.49. The van der Waals surface area contributed by atoms with Crippen LogP contribution in [0.2, 0.25) is 0 Å². The van der Waals surface area contributed by atoms with E-state index in [1.807, 2.05) is 27.7 Å². The van der Waals surface area contributed by atoms with E-state index in [0.717, 1.165) is 84.3 Å². The predicted octanol–water partition coefficient (Wildman–Crippen LogP) is 4.21. The molecule has 14 heteroatoms. The van der Waals surface area contributed by atoms with Gasteiger partial charge in [-0.05, 0) is 103 Å². The highest BCUT2D eigenvalue weighted by atomic mass is 32.2. The number of carbonyl (C=O) groups excluding carboxylic acids is 1. The molecule has 0 atom stereocenters. The van der Waals surface area contributed by atoms with E-state index in [1.165, 1.54) is 24.5 Å². The van der Waals surface area contributed by atoms with Gasteiger partial charge in [0.1, 0.15) is 17.9 Å². The molecule has 6 heterocycles. The van der Waals surface area contributed by atoms with Gasteiger partial charge in [0.2, 0.25) is 0 Å². The Morgan fingerprint density at radius 1 is 0.961 bits per heavy atom. The number of ether oxygens (including phenoxy) is 1. The van der Waals surface area contributed by atoms with Gasteiger partial charge in [-0.3, -0.25) is 4.79 Å². The summed E-state index contributed by atoms with van der Waals surface area (Å²) in [5.74, 6) is 1.14. The van der Waals surface area contributed by atoms with E-state index in [1.54, 1.807) is 19.7 Å². The van der Waals surface area contributed by atoms with Crippen molar-refractivity contribution in [2.24, 2.45) is 16.7 Å². The fourth-order valence-electron chi connectivity index (χ4n) is 9.12. The van der Waals surface area contributed by atoms with Crippen molar-refractivity contribution >= 4 is 21.9 Å². The molecule has 280 valence electrons. The summed E-state index contributed by atoms with van der Waals surface area (Å²) in [7, 11) is -3.40. The fourth-order valence-corrected chi connectivity index (χ4v) is 10.9. The minimum absolute atomic E-state index is 0.0630. The van der Waals surface area contributed by atoms with Gasteiger partial charge in [0.15, 0.2) is 11.6 Å². The summed E-state index contributed by atoms with van der Waals surface area (Å²) in [6.45, 7) is 17.0. The molecule has 1 aromatic carbocycles. The first-order valence-corrected chi connectivity index (χ1v) is 20.3. The van der Waals surface area contributed by atoms with E-state index >= 15 is 0 Å². The number of piperidine rings is 3. The largest absolute Gasteiger partial charge is 0.451 e. The number of nitrogens with one attached hydrogen (secondary N) is 1. The van der Waals surface area contributed by atoms with Crippen molar-refractivity contribution in [1.82, 2.24) is 33.7 Å².